The lowest BCUT2D eigenvalue weighted by Gasteiger charge is -2.10. The standard InChI is InChI=1S/C11H6BrF3N2O6S/c1-22-10(19)5-2-6(12)9-16-7(3-8(18)17(9)4-5)23-24(20,21)11(13,14)15/h2-4H,1H3. The molecule has 2 aromatic rings. The maximum absolute atomic E-state index is 12.3. The Labute approximate surface area is 140 Å². The van der Waals surface area contributed by atoms with Gasteiger partial charge in [-0.1, -0.05) is 0 Å². The number of alkyl halides is 3. The Morgan fingerprint density at radius 2 is 1.96 bits per heavy atom. The number of hydrogen-bond acceptors (Lipinski definition) is 7. The van der Waals surface area contributed by atoms with Gasteiger partial charge in [0.2, 0.25) is 5.88 Å². The lowest BCUT2D eigenvalue weighted by atomic mass is 10.3. The average molecular weight is 431 g/mol. The number of ether oxygens (including phenoxy) is 1. The number of nitrogens with zero attached hydrogens (tertiary/aromatic N) is 2. The van der Waals surface area contributed by atoms with E-state index < -0.39 is 33.0 Å². The fraction of sp³-hybridized carbons (Fsp3) is 0.182. The molecule has 0 amide bonds. The second-order valence-corrected chi connectivity index (χ2v) is 6.57. The summed E-state index contributed by atoms with van der Waals surface area (Å²) in [6, 6.07) is 1.62. The molecule has 0 radical (unpaired) electrons. The first kappa shape index (κ1) is 18.2. The van der Waals surface area contributed by atoms with E-state index >= 15 is 0 Å². The molecule has 130 valence electrons. The van der Waals surface area contributed by atoms with Gasteiger partial charge in [0.25, 0.3) is 5.56 Å². The van der Waals surface area contributed by atoms with E-state index in [4.69, 9.17) is 0 Å². The largest absolute Gasteiger partial charge is 0.534 e. The zero-order chi connectivity index (χ0) is 18.3. The van der Waals surface area contributed by atoms with Gasteiger partial charge in [-0.05, 0) is 22.0 Å². The van der Waals surface area contributed by atoms with Crippen LogP contribution in [-0.4, -0.2) is 36.4 Å². The van der Waals surface area contributed by atoms with E-state index in [1.54, 1.807) is 0 Å². The maximum atomic E-state index is 12.3. The summed E-state index contributed by atoms with van der Waals surface area (Å²) in [6.45, 7) is 0. The van der Waals surface area contributed by atoms with Crippen molar-refractivity contribution in [1.29, 1.82) is 0 Å². The van der Waals surface area contributed by atoms with E-state index in [0.29, 0.717) is 6.07 Å². The van der Waals surface area contributed by atoms with Gasteiger partial charge in [-0.2, -0.15) is 26.6 Å². The molecule has 2 rings (SSSR count). The van der Waals surface area contributed by atoms with Gasteiger partial charge >= 0.3 is 21.6 Å². The van der Waals surface area contributed by atoms with E-state index in [0.717, 1.165) is 17.7 Å². The predicted octanol–water partition coefficient (Wildman–Crippen LogP) is 1.47. The number of halogens is 4. The summed E-state index contributed by atoms with van der Waals surface area (Å²) in [7, 11) is -4.86. The van der Waals surface area contributed by atoms with Crippen LogP contribution in [0.1, 0.15) is 10.4 Å². The Balaban J connectivity index is 2.62. The molecule has 0 aliphatic carbocycles. The van der Waals surface area contributed by atoms with Gasteiger partial charge in [0, 0.05) is 6.20 Å². The third-order valence-electron chi connectivity index (χ3n) is 2.59. The third kappa shape index (κ3) is 3.36. The molecule has 0 aromatic carbocycles. The monoisotopic (exact) mass is 430 g/mol. The number of methoxy groups -OCH3 is 1. The lowest BCUT2D eigenvalue weighted by Crippen LogP contribution is -2.29. The van der Waals surface area contributed by atoms with Gasteiger partial charge < -0.3 is 8.92 Å². The molecule has 0 aliphatic heterocycles. The highest BCUT2D eigenvalue weighted by Gasteiger charge is 2.49. The normalized spacial score (nSPS) is 12.2. The van der Waals surface area contributed by atoms with Gasteiger partial charge in [-0.3, -0.25) is 9.20 Å². The first-order valence-electron chi connectivity index (χ1n) is 5.78. The fourth-order valence-electron chi connectivity index (χ4n) is 1.57. The smallest absolute Gasteiger partial charge is 0.465 e. The van der Waals surface area contributed by atoms with Gasteiger partial charge in [-0.15, -0.1) is 0 Å². The number of esters is 1. The highest BCUT2D eigenvalue weighted by atomic mass is 79.9. The molecule has 0 N–H and O–H groups in total. The molecule has 8 nitrogen and oxygen atoms in total. The SMILES string of the molecule is COC(=O)c1cc(Br)c2nc(OS(=O)(=O)C(F)(F)F)cc(=O)n2c1. The molecule has 0 atom stereocenters. The van der Waals surface area contributed by atoms with Crippen LogP contribution < -0.4 is 9.74 Å². The van der Waals surface area contributed by atoms with Crippen LogP contribution >= 0.6 is 15.9 Å². The highest BCUT2D eigenvalue weighted by molar-refractivity contribution is 9.10. The number of aromatic nitrogens is 2. The molecule has 13 heteroatoms. The Morgan fingerprint density at radius 1 is 1.33 bits per heavy atom. The van der Waals surface area contributed by atoms with E-state index in [2.05, 4.69) is 29.8 Å². The van der Waals surface area contributed by atoms with Gasteiger partial charge in [0.1, 0.15) is 0 Å². The number of rotatable bonds is 3. The van der Waals surface area contributed by atoms with Crippen LogP contribution in [0.4, 0.5) is 13.2 Å². The Kier molecular flexibility index (Phi) is 4.59. The molecule has 0 bridgehead atoms. The molecule has 2 aromatic heterocycles. The van der Waals surface area contributed by atoms with Crippen molar-refractivity contribution >= 4 is 37.7 Å². The van der Waals surface area contributed by atoms with Gasteiger partial charge in [0.15, 0.2) is 5.65 Å². The highest BCUT2D eigenvalue weighted by Crippen LogP contribution is 2.26. The van der Waals surface area contributed by atoms with Crippen LogP contribution in [0.2, 0.25) is 0 Å². The second kappa shape index (κ2) is 6.05. The van der Waals surface area contributed by atoms with Crippen LogP contribution in [0.3, 0.4) is 0 Å². The van der Waals surface area contributed by atoms with Gasteiger partial charge in [-0.25, -0.2) is 4.79 Å². The quantitative estimate of drug-likeness (QED) is 0.412. The van der Waals surface area contributed by atoms with Crippen LogP contribution in [0.15, 0.2) is 27.6 Å². The summed E-state index contributed by atoms with van der Waals surface area (Å²) in [5.41, 5.74) is -6.95. The first-order chi connectivity index (χ1) is 11.0. The molecule has 0 saturated heterocycles. The summed E-state index contributed by atoms with van der Waals surface area (Å²) in [6.07, 6.45) is 1.03. The summed E-state index contributed by atoms with van der Waals surface area (Å²) in [4.78, 5) is 26.9. The van der Waals surface area contributed by atoms with E-state index in [9.17, 15) is 31.2 Å². The number of carbonyl (C=O) groups excluding carboxylic acids is 1. The second-order valence-electron chi connectivity index (χ2n) is 4.18. The van der Waals surface area contributed by atoms with Crippen molar-refractivity contribution in [3.63, 3.8) is 0 Å². The van der Waals surface area contributed by atoms with Crippen molar-refractivity contribution in [2.24, 2.45) is 0 Å². The topological polar surface area (TPSA) is 104 Å². The molecule has 0 aliphatic rings. The van der Waals surface area contributed by atoms with E-state index in [-0.39, 0.29) is 15.7 Å². The van der Waals surface area contributed by atoms with Crippen LogP contribution in [0, 0.1) is 0 Å². The molecular formula is C11H6BrF3N2O6S. The van der Waals surface area contributed by atoms with Crippen LogP contribution in [0.25, 0.3) is 5.65 Å². The minimum absolute atomic E-state index is 0.0253. The minimum atomic E-state index is -5.97. The Morgan fingerprint density at radius 3 is 2.50 bits per heavy atom. The summed E-state index contributed by atoms with van der Waals surface area (Å²) >= 11 is 2.98. The Hall–Kier alpha value is -2.15. The zero-order valence-electron chi connectivity index (χ0n) is 11.5. The van der Waals surface area contributed by atoms with Crippen molar-refractivity contribution in [2.45, 2.75) is 5.51 Å². The minimum Gasteiger partial charge on any atom is -0.465 e. The fourth-order valence-corrected chi connectivity index (χ4v) is 2.50. The summed E-state index contributed by atoms with van der Waals surface area (Å²) < 4.78 is 68.0. The molecule has 0 fully saturated rings. The van der Waals surface area contributed by atoms with Crippen molar-refractivity contribution in [1.82, 2.24) is 9.38 Å². The van der Waals surface area contributed by atoms with Gasteiger partial charge in [0.05, 0.1) is 23.2 Å². The van der Waals surface area contributed by atoms with Crippen molar-refractivity contribution in [2.75, 3.05) is 7.11 Å². The van der Waals surface area contributed by atoms with Crippen molar-refractivity contribution in [3.05, 3.63) is 38.7 Å². The molecule has 0 unspecified atom stereocenters. The number of hydrogen-bond donors (Lipinski definition) is 0. The lowest BCUT2D eigenvalue weighted by molar-refractivity contribution is -0.0501. The summed E-state index contributed by atoms with van der Waals surface area (Å²) in [5.74, 6) is -1.84. The molecule has 2 heterocycles. The van der Waals surface area contributed by atoms with Crippen LogP contribution in [-0.2, 0) is 14.9 Å². The maximum Gasteiger partial charge on any atom is 0.534 e. The molecule has 0 spiro atoms. The average Bonchev–Trinajstić information content (AvgIpc) is 2.45. The van der Waals surface area contributed by atoms with E-state index in [1.165, 1.54) is 6.07 Å². The zero-order valence-corrected chi connectivity index (χ0v) is 13.9. The van der Waals surface area contributed by atoms with Crippen LogP contribution in [0.5, 0.6) is 5.88 Å². The number of carbonyl (C=O) groups is 1. The third-order valence-corrected chi connectivity index (χ3v) is 4.13. The first-order valence-corrected chi connectivity index (χ1v) is 7.98. The van der Waals surface area contributed by atoms with Crippen molar-refractivity contribution in [3.8, 4) is 5.88 Å². The molecule has 0 saturated carbocycles. The molecule has 24 heavy (non-hydrogen) atoms. The van der Waals surface area contributed by atoms with E-state index in [1.807, 2.05) is 0 Å². The number of fused-ring (bicyclic) bond motifs is 1. The predicted molar refractivity (Wildman–Crippen MR) is 76.1 cm³/mol. The summed E-state index contributed by atoms with van der Waals surface area (Å²) in [5, 5.41) is 0. The van der Waals surface area contributed by atoms with Crippen molar-refractivity contribution < 1.29 is 35.3 Å². The Bertz CT molecular complexity index is 986. The number of pyridine rings is 1. The molecular weight excluding hydrogens is 425 g/mol.